The quantitative estimate of drug-likeness (QED) is 0.895. The van der Waals surface area contributed by atoms with Gasteiger partial charge in [-0.25, -0.2) is 9.97 Å². The molecule has 5 nitrogen and oxygen atoms in total. The van der Waals surface area contributed by atoms with Gasteiger partial charge in [0.15, 0.2) is 0 Å². The number of rotatable bonds is 4. The molecule has 1 saturated carbocycles. The normalized spacial score (nSPS) is 15.1. The minimum Gasteiger partial charge on any atom is -0.348 e. The van der Waals surface area contributed by atoms with Crippen LogP contribution in [0.5, 0.6) is 0 Å². The van der Waals surface area contributed by atoms with Gasteiger partial charge in [0, 0.05) is 17.8 Å². The second-order valence-electron chi connectivity index (χ2n) is 6.60. The van der Waals surface area contributed by atoms with Crippen LogP contribution in [0.3, 0.4) is 0 Å². The number of nitrogens with zero attached hydrogens (tertiary/aromatic N) is 2. The maximum absolute atomic E-state index is 12.4. The van der Waals surface area contributed by atoms with Crippen molar-refractivity contribution in [2.45, 2.75) is 52.0 Å². The summed E-state index contributed by atoms with van der Waals surface area (Å²) in [5.41, 5.74) is 3.73. The standard InChI is InChI=1S/C19H24N4O/c1-13-8-14(2)10-16(9-13)22-18-11-17(20-12-21-18)19(24)23-15-6-4-3-5-7-15/h8-12,15H,3-7H2,1-2H3,(H,23,24)(H,20,21,22). The molecule has 1 aromatic heterocycles. The van der Waals surface area contributed by atoms with Gasteiger partial charge in [-0.15, -0.1) is 0 Å². The molecule has 126 valence electrons. The van der Waals surface area contributed by atoms with Crippen LogP contribution >= 0.6 is 0 Å². The van der Waals surface area contributed by atoms with Crippen LogP contribution in [-0.4, -0.2) is 21.9 Å². The average Bonchev–Trinajstić information content (AvgIpc) is 2.55. The number of benzene rings is 1. The Morgan fingerprint density at radius 2 is 1.71 bits per heavy atom. The van der Waals surface area contributed by atoms with E-state index in [2.05, 4.69) is 52.6 Å². The predicted molar refractivity (Wildman–Crippen MR) is 95.6 cm³/mol. The molecular weight excluding hydrogens is 300 g/mol. The Labute approximate surface area is 142 Å². The van der Waals surface area contributed by atoms with E-state index in [1.807, 2.05) is 0 Å². The van der Waals surface area contributed by atoms with Gasteiger partial charge in [0.2, 0.25) is 0 Å². The molecule has 0 spiro atoms. The van der Waals surface area contributed by atoms with Crippen LogP contribution < -0.4 is 10.6 Å². The minimum absolute atomic E-state index is 0.118. The van der Waals surface area contributed by atoms with Crippen LogP contribution in [0.25, 0.3) is 0 Å². The van der Waals surface area contributed by atoms with Gasteiger partial charge in [-0.3, -0.25) is 4.79 Å². The van der Waals surface area contributed by atoms with E-state index < -0.39 is 0 Å². The highest BCUT2D eigenvalue weighted by Gasteiger charge is 2.17. The molecule has 2 aromatic rings. The van der Waals surface area contributed by atoms with Gasteiger partial charge in [0.25, 0.3) is 5.91 Å². The van der Waals surface area contributed by atoms with Crippen molar-refractivity contribution in [1.29, 1.82) is 0 Å². The molecule has 0 radical (unpaired) electrons. The van der Waals surface area contributed by atoms with Crippen molar-refractivity contribution in [2.24, 2.45) is 0 Å². The van der Waals surface area contributed by atoms with E-state index in [9.17, 15) is 4.79 Å². The average molecular weight is 324 g/mol. The molecule has 1 aliphatic carbocycles. The zero-order valence-corrected chi connectivity index (χ0v) is 14.3. The van der Waals surface area contributed by atoms with Gasteiger partial charge >= 0.3 is 0 Å². The highest BCUT2D eigenvalue weighted by Crippen LogP contribution is 2.20. The van der Waals surface area contributed by atoms with E-state index >= 15 is 0 Å². The Balaban J connectivity index is 1.70. The van der Waals surface area contributed by atoms with Gasteiger partial charge in [-0.2, -0.15) is 0 Å². The van der Waals surface area contributed by atoms with Gasteiger partial charge in [-0.05, 0) is 49.9 Å². The maximum Gasteiger partial charge on any atom is 0.270 e. The molecule has 1 fully saturated rings. The summed E-state index contributed by atoms with van der Waals surface area (Å²) < 4.78 is 0. The third kappa shape index (κ3) is 4.31. The maximum atomic E-state index is 12.4. The van der Waals surface area contributed by atoms with E-state index in [0.29, 0.717) is 11.5 Å². The lowest BCUT2D eigenvalue weighted by Crippen LogP contribution is -2.36. The van der Waals surface area contributed by atoms with E-state index in [1.165, 1.54) is 36.7 Å². The smallest absolute Gasteiger partial charge is 0.270 e. The molecule has 1 amide bonds. The summed E-state index contributed by atoms with van der Waals surface area (Å²) in [7, 11) is 0. The van der Waals surface area contributed by atoms with Crippen molar-refractivity contribution in [3.05, 3.63) is 47.4 Å². The predicted octanol–water partition coefficient (Wildman–Crippen LogP) is 3.90. The Morgan fingerprint density at radius 3 is 2.42 bits per heavy atom. The SMILES string of the molecule is Cc1cc(C)cc(Nc2cc(C(=O)NC3CCCCC3)ncn2)c1. The first kappa shape index (κ1) is 16.4. The Kier molecular flexibility index (Phi) is 5.08. The summed E-state index contributed by atoms with van der Waals surface area (Å²) in [5, 5.41) is 6.34. The molecule has 24 heavy (non-hydrogen) atoms. The lowest BCUT2D eigenvalue weighted by molar-refractivity contribution is 0.0922. The molecule has 1 aromatic carbocycles. The molecule has 0 atom stereocenters. The number of amides is 1. The fourth-order valence-corrected chi connectivity index (χ4v) is 3.25. The van der Waals surface area contributed by atoms with Crippen molar-refractivity contribution in [2.75, 3.05) is 5.32 Å². The number of hydrogen-bond acceptors (Lipinski definition) is 4. The largest absolute Gasteiger partial charge is 0.348 e. The minimum atomic E-state index is -0.118. The zero-order valence-electron chi connectivity index (χ0n) is 14.3. The second kappa shape index (κ2) is 7.43. The molecule has 5 heteroatoms. The first-order chi connectivity index (χ1) is 11.6. The van der Waals surface area contributed by atoms with E-state index in [4.69, 9.17) is 0 Å². The number of aryl methyl sites for hydroxylation is 2. The molecule has 0 aliphatic heterocycles. The topological polar surface area (TPSA) is 66.9 Å². The summed E-state index contributed by atoms with van der Waals surface area (Å²) in [6.07, 6.45) is 7.20. The summed E-state index contributed by atoms with van der Waals surface area (Å²) >= 11 is 0. The van der Waals surface area contributed by atoms with Gasteiger partial charge in [0.1, 0.15) is 17.8 Å². The summed E-state index contributed by atoms with van der Waals surface area (Å²) in [4.78, 5) is 20.7. The van der Waals surface area contributed by atoms with E-state index in [1.54, 1.807) is 6.07 Å². The van der Waals surface area contributed by atoms with Crippen LogP contribution in [0.4, 0.5) is 11.5 Å². The van der Waals surface area contributed by atoms with Gasteiger partial charge in [0.05, 0.1) is 0 Å². The summed E-state index contributed by atoms with van der Waals surface area (Å²) in [5.74, 6) is 0.511. The first-order valence-electron chi connectivity index (χ1n) is 8.58. The third-order valence-electron chi connectivity index (χ3n) is 4.33. The lowest BCUT2D eigenvalue weighted by atomic mass is 9.95. The van der Waals surface area contributed by atoms with E-state index in [-0.39, 0.29) is 11.9 Å². The Bertz CT molecular complexity index is 703. The van der Waals surface area contributed by atoms with Crippen LogP contribution in [0.1, 0.15) is 53.7 Å². The number of carbonyl (C=O) groups excluding carboxylic acids is 1. The number of anilines is 2. The molecule has 0 saturated heterocycles. The van der Waals surface area contributed by atoms with Crippen LogP contribution in [0.15, 0.2) is 30.6 Å². The summed E-state index contributed by atoms with van der Waals surface area (Å²) in [6.45, 7) is 4.11. The molecule has 0 unspecified atom stereocenters. The van der Waals surface area contributed by atoms with Crippen LogP contribution in [0.2, 0.25) is 0 Å². The number of hydrogen-bond donors (Lipinski definition) is 2. The molecule has 1 heterocycles. The van der Waals surface area contributed by atoms with Crippen molar-refractivity contribution < 1.29 is 4.79 Å². The number of aromatic nitrogens is 2. The second-order valence-corrected chi connectivity index (χ2v) is 6.60. The van der Waals surface area contributed by atoms with Gasteiger partial charge in [-0.1, -0.05) is 25.3 Å². The molecule has 3 rings (SSSR count). The van der Waals surface area contributed by atoms with Crippen LogP contribution in [-0.2, 0) is 0 Å². The fourth-order valence-electron chi connectivity index (χ4n) is 3.25. The highest BCUT2D eigenvalue weighted by atomic mass is 16.1. The fraction of sp³-hybridized carbons (Fsp3) is 0.421. The summed E-state index contributed by atoms with van der Waals surface area (Å²) in [6, 6.07) is 8.20. The monoisotopic (exact) mass is 324 g/mol. The number of carbonyl (C=O) groups is 1. The third-order valence-corrected chi connectivity index (χ3v) is 4.33. The zero-order chi connectivity index (χ0) is 16.9. The van der Waals surface area contributed by atoms with Crippen molar-refractivity contribution in [3.63, 3.8) is 0 Å². The lowest BCUT2D eigenvalue weighted by Gasteiger charge is -2.22. The number of nitrogens with one attached hydrogen (secondary N) is 2. The molecule has 1 aliphatic rings. The van der Waals surface area contributed by atoms with E-state index in [0.717, 1.165) is 18.5 Å². The Hall–Kier alpha value is -2.43. The van der Waals surface area contributed by atoms with Crippen molar-refractivity contribution >= 4 is 17.4 Å². The van der Waals surface area contributed by atoms with Crippen LogP contribution in [0, 0.1) is 13.8 Å². The molecule has 2 N–H and O–H groups in total. The first-order valence-corrected chi connectivity index (χ1v) is 8.58. The molecule has 0 bridgehead atoms. The van der Waals surface area contributed by atoms with Crippen molar-refractivity contribution in [1.82, 2.24) is 15.3 Å². The Morgan fingerprint density at radius 1 is 1.00 bits per heavy atom. The highest BCUT2D eigenvalue weighted by molar-refractivity contribution is 5.93. The van der Waals surface area contributed by atoms with Crippen molar-refractivity contribution in [3.8, 4) is 0 Å². The van der Waals surface area contributed by atoms with Gasteiger partial charge < -0.3 is 10.6 Å². The molecular formula is C19H24N4O.